The molecule has 1 aromatic carbocycles. The first-order chi connectivity index (χ1) is 14.7. The highest BCUT2D eigenvalue weighted by Gasteiger charge is 2.22. The fourth-order valence-corrected chi connectivity index (χ4v) is 4.51. The van der Waals surface area contributed by atoms with E-state index in [1.54, 1.807) is 11.3 Å². The van der Waals surface area contributed by atoms with E-state index in [1.807, 2.05) is 49.5 Å². The number of anilines is 1. The minimum absolute atomic E-state index is 0.169. The van der Waals surface area contributed by atoms with Crippen molar-refractivity contribution < 1.29 is 14.2 Å². The minimum Gasteiger partial charge on any atom is -0.486 e. The molecule has 0 amide bonds. The van der Waals surface area contributed by atoms with Gasteiger partial charge in [0.25, 0.3) is 0 Å². The summed E-state index contributed by atoms with van der Waals surface area (Å²) in [5.74, 6) is 3.33. The number of hydrogen-bond donors (Lipinski definition) is 0. The SMILES string of the molecule is Cc1nc2c(OCC3COc4ccccc4O3)cccn2c1N(C)Cc1cccs1. The second kappa shape index (κ2) is 7.91. The molecular formula is C23H23N3O3S. The van der Waals surface area contributed by atoms with Gasteiger partial charge in [-0.15, -0.1) is 11.3 Å². The monoisotopic (exact) mass is 421 g/mol. The summed E-state index contributed by atoms with van der Waals surface area (Å²) in [6.07, 6.45) is 1.86. The Balaban J connectivity index is 1.34. The lowest BCUT2D eigenvalue weighted by Crippen LogP contribution is -2.34. The molecule has 4 aromatic rings. The highest BCUT2D eigenvalue weighted by molar-refractivity contribution is 7.09. The summed E-state index contributed by atoms with van der Waals surface area (Å²) < 4.78 is 20.0. The molecule has 4 heterocycles. The van der Waals surface area contributed by atoms with Gasteiger partial charge in [0.1, 0.15) is 19.0 Å². The van der Waals surface area contributed by atoms with E-state index in [2.05, 4.69) is 33.9 Å². The molecule has 0 fully saturated rings. The zero-order valence-electron chi connectivity index (χ0n) is 16.9. The third kappa shape index (κ3) is 3.57. The molecule has 0 spiro atoms. The first-order valence-corrected chi connectivity index (χ1v) is 10.8. The largest absolute Gasteiger partial charge is 0.486 e. The molecule has 1 atom stereocenters. The second-order valence-corrected chi connectivity index (χ2v) is 8.36. The van der Waals surface area contributed by atoms with E-state index in [0.717, 1.165) is 41.0 Å². The number of aromatic nitrogens is 2. The minimum atomic E-state index is -0.169. The van der Waals surface area contributed by atoms with Crippen LogP contribution in [0.4, 0.5) is 5.82 Å². The third-order valence-corrected chi connectivity index (χ3v) is 5.94. The number of ether oxygens (including phenoxy) is 3. The van der Waals surface area contributed by atoms with E-state index >= 15 is 0 Å². The quantitative estimate of drug-likeness (QED) is 0.457. The predicted molar refractivity (Wildman–Crippen MR) is 118 cm³/mol. The first-order valence-electron chi connectivity index (χ1n) is 9.91. The van der Waals surface area contributed by atoms with E-state index in [9.17, 15) is 0 Å². The van der Waals surface area contributed by atoms with Gasteiger partial charge >= 0.3 is 0 Å². The fourth-order valence-electron chi connectivity index (χ4n) is 3.76. The second-order valence-electron chi connectivity index (χ2n) is 7.33. The van der Waals surface area contributed by atoms with Crippen LogP contribution in [0.1, 0.15) is 10.6 Å². The van der Waals surface area contributed by atoms with E-state index in [-0.39, 0.29) is 6.10 Å². The molecule has 1 aliphatic heterocycles. The Morgan fingerprint density at radius 2 is 2.03 bits per heavy atom. The average molecular weight is 422 g/mol. The molecule has 0 radical (unpaired) electrons. The van der Waals surface area contributed by atoms with Crippen molar-refractivity contribution in [3.63, 3.8) is 0 Å². The van der Waals surface area contributed by atoms with Crippen LogP contribution in [0.5, 0.6) is 17.2 Å². The summed E-state index contributed by atoms with van der Waals surface area (Å²) in [5, 5.41) is 2.10. The first kappa shape index (κ1) is 18.8. The lowest BCUT2D eigenvalue weighted by molar-refractivity contribution is 0.0538. The summed E-state index contributed by atoms with van der Waals surface area (Å²) >= 11 is 1.76. The van der Waals surface area contributed by atoms with Gasteiger partial charge in [-0.25, -0.2) is 4.98 Å². The van der Waals surface area contributed by atoms with Gasteiger partial charge < -0.3 is 19.1 Å². The van der Waals surface area contributed by atoms with Gasteiger partial charge in [-0.2, -0.15) is 0 Å². The molecule has 1 aliphatic rings. The number of benzene rings is 1. The van der Waals surface area contributed by atoms with Gasteiger partial charge in [0.15, 0.2) is 29.0 Å². The molecule has 154 valence electrons. The van der Waals surface area contributed by atoms with E-state index < -0.39 is 0 Å². The van der Waals surface area contributed by atoms with E-state index in [1.165, 1.54) is 4.88 Å². The van der Waals surface area contributed by atoms with Crippen molar-refractivity contribution in [2.24, 2.45) is 0 Å². The molecule has 0 N–H and O–H groups in total. The number of imidazole rings is 1. The smallest absolute Gasteiger partial charge is 0.181 e. The van der Waals surface area contributed by atoms with Gasteiger partial charge in [-0.3, -0.25) is 4.40 Å². The third-order valence-electron chi connectivity index (χ3n) is 5.08. The van der Waals surface area contributed by atoms with Crippen LogP contribution in [0.25, 0.3) is 5.65 Å². The Kier molecular flexibility index (Phi) is 4.96. The van der Waals surface area contributed by atoms with Gasteiger partial charge in [0.2, 0.25) is 0 Å². The summed E-state index contributed by atoms with van der Waals surface area (Å²) in [5.41, 5.74) is 1.77. The topological polar surface area (TPSA) is 48.2 Å². The molecule has 5 rings (SSSR count). The van der Waals surface area contributed by atoms with Gasteiger partial charge in [0.05, 0.1) is 12.2 Å². The Labute approximate surface area is 179 Å². The van der Waals surface area contributed by atoms with E-state index in [4.69, 9.17) is 19.2 Å². The molecule has 0 saturated heterocycles. The molecule has 0 aliphatic carbocycles. The molecule has 30 heavy (non-hydrogen) atoms. The number of nitrogens with zero attached hydrogens (tertiary/aromatic N) is 3. The zero-order chi connectivity index (χ0) is 20.5. The lowest BCUT2D eigenvalue weighted by Gasteiger charge is -2.26. The maximum absolute atomic E-state index is 6.12. The number of fused-ring (bicyclic) bond motifs is 2. The number of rotatable bonds is 6. The van der Waals surface area contributed by atoms with Crippen LogP contribution in [0.3, 0.4) is 0 Å². The maximum atomic E-state index is 6.12. The maximum Gasteiger partial charge on any atom is 0.181 e. The van der Waals surface area contributed by atoms with Crippen molar-refractivity contribution in [1.82, 2.24) is 9.38 Å². The predicted octanol–water partition coefficient (Wildman–Crippen LogP) is 4.56. The van der Waals surface area contributed by atoms with Crippen molar-refractivity contribution in [2.45, 2.75) is 19.6 Å². The summed E-state index contributed by atoms with van der Waals surface area (Å²) in [6, 6.07) is 15.9. The van der Waals surface area contributed by atoms with Crippen molar-refractivity contribution in [1.29, 1.82) is 0 Å². The number of aryl methyl sites for hydroxylation is 1. The van der Waals surface area contributed by atoms with Crippen molar-refractivity contribution in [2.75, 3.05) is 25.2 Å². The van der Waals surface area contributed by atoms with Gasteiger partial charge in [-0.05, 0) is 42.6 Å². The number of pyridine rings is 1. The molecule has 1 unspecified atom stereocenters. The van der Waals surface area contributed by atoms with Crippen LogP contribution in [0, 0.1) is 6.92 Å². The average Bonchev–Trinajstić information content (AvgIpc) is 3.38. The molecular weight excluding hydrogens is 398 g/mol. The Bertz CT molecular complexity index is 1160. The zero-order valence-corrected chi connectivity index (χ0v) is 17.8. The summed E-state index contributed by atoms with van der Waals surface area (Å²) in [6.45, 7) is 3.72. The number of thiophene rings is 1. The van der Waals surface area contributed by atoms with Crippen LogP contribution in [-0.4, -0.2) is 35.8 Å². The van der Waals surface area contributed by atoms with Crippen molar-refractivity contribution in [3.05, 3.63) is 70.7 Å². The molecule has 3 aromatic heterocycles. The number of hydrogen-bond acceptors (Lipinski definition) is 6. The van der Waals surface area contributed by atoms with Crippen LogP contribution in [0.2, 0.25) is 0 Å². The van der Waals surface area contributed by atoms with Crippen molar-refractivity contribution >= 4 is 22.8 Å². The molecule has 7 heteroatoms. The van der Waals surface area contributed by atoms with Gasteiger partial charge in [0, 0.05) is 18.1 Å². The molecule has 0 bridgehead atoms. The molecule has 6 nitrogen and oxygen atoms in total. The Morgan fingerprint density at radius 3 is 2.87 bits per heavy atom. The standard InChI is InChI=1S/C23H23N3O3S/c1-16-23(25(2)13-18-7-6-12-30-18)26-11-5-10-21(22(26)24-16)28-15-17-14-27-19-8-3-4-9-20(19)29-17/h3-12,17H,13-15H2,1-2H3. The number of para-hydroxylation sites is 2. The Hall–Kier alpha value is -3.19. The van der Waals surface area contributed by atoms with Crippen LogP contribution < -0.4 is 19.1 Å². The van der Waals surface area contributed by atoms with Gasteiger partial charge in [-0.1, -0.05) is 18.2 Å². The van der Waals surface area contributed by atoms with Crippen molar-refractivity contribution in [3.8, 4) is 17.2 Å². The summed E-state index contributed by atoms with van der Waals surface area (Å²) in [7, 11) is 2.09. The summed E-state index contributed by atoms with van der Waals surface area (Å²) in [4.78, 5) is 8.33. The van der Waals surface area contributed by atoms with E-state index in [0.29, 0.717) is 13.2 Å². The highest BCUT2D eigenvalue weighted by atomic mass is 32.1. The lowest BCUT2D eigenvalue weighted by atomic mass is 10.2. The normalized spacial score (nSPS) is 15.3. The molecule has 0 saturated carbocycles. The van der Waals surface area contributed by atoms with Crippen LogP contribution in [-0.2, 0) is 6.54 Å². The van der Waals surface area contributed by atoms with Crippen LogP contribution >= 0.6 is 11.3 Å². The highest BCUT2D eigenvalue weighted by Crippen LogP contribution is 2.32. The Morgan fingerprint density at radius 1 is 1.17 bits per heavy atom. The van der Waals surface area contributed by atoms with Crippen LogP contribution in [0.15, 0.2) is 60.1 Å². The fraction of sp³-hybridized carbons (Fsp3) is 0.261.